The van der Waals surface area contributed by atoms with Gasteiger partial charge in [0.05, 0.1) is 5.69 Å². The quantitative estimate of drug-likeness (QED) is 0.726. The van der Waals surface area contributed by atoms with E-state index in [1.165, 1.54) is 0 Å². The molecule has 1 aliphatic rings. The normalized spacial score (nSPS) is 14.2. The van der Waals surface area contributed by atoms with Crippen molar-refractivity contribution in [1.29, 1.82) is 0 Å². The topological polar surface area (TPSA) is 53.4 Å². The van der Waals surface area contributed by atoms with Crippen molar-refractivity contribution >= 4 is 29.1 Å². The van der Waals surface area contributed by atoms with Crippen LogP contribution in [0.3, 0.4) is 0 Å². The molecule has 0 unspecified atom stereocenters. The lowest BCUT2D eigenvalue weighted by Gasteiger charge is -2.36. The van der Waals surface area contributed by atoms with Gasteiger partial charge in [-0.2, -0.15) is 5.10 Å². The predicted octanol–water partition coefficient (Wildman–Crippen LogP) is 4.09. The molecule has 7 heteroatoms. The molecule has 2 aromatic carbocycles. The summed E-state index contributed by atoms with van der Waals surface area (Å²) in [6.45, 7) is 2.84. The van der Waals surface area contributed by atoms with Crippen LogP contribution in [0.1, 0.15) is 0 Å². The molecule has 2 amide bonds. The van der Waals surface area contributed by atoms with Crippen LogP contribution in [0.4, 0.5) is 16.3 Å². The molecule has 0 bridgehead atoms. The number of hydrogen-bond donors (Lipinski definition) is 1. The van der Waals surface area contributed by atoms with Gasteiger partial charge in [-0.05, 0) is 23.8 Å². The number of aromatic nitrogens is 2. The standard InChI is InChI=1S/C21H22ClN5O/c1-25-19(16-6-3-2-4-7-16)15-20(24-25)23-21(28)27-12-10-26(11-13-27)18-9-5-8-17(22)14-18/h2-9,14-15H,10-13H2,1H3,(H,23,24,28). The van der Waals surface area contributed by atoms with Crippen LogP contribution in [-0.4, -0.2) is 46.9 Å². The largest absolute Gasteiger partial charge is 0.368 e. The Hall–Kier alpha value is -2.99. The van der Waals surface area contributed by atoms with Crippen LogP contribution in [0.2, 0.25) is 5.02 Å². The number of aryl methyl sites for hydroxylation is 1. The number of halogens is 1. The molecule has 0 atom stereocenters. The third-order valence-corrected chi connectivity index (χ3v) is 5.16. The second kappa shape index (κ2) is 7.94. The van der Waals surface area contributed by atoms with Crippen LogP contribution in [0.15, 0.2) is 60.7 Å². The van der Waals surface area contributed by atoms with E-state index in [1.54, 1.807) is 4.68 Å². The highest BCUT2D eigenvalue weighted by Crippen LogP contribution is 2.23. The third kappa shape index (κ3) is 3.97. The Labute approximate surface area is 169 Å². The molecule has 0 aliphatic carbocycles. The summed E-state index contributed by atoms with van der Waals surface area (Å²) in [7, 11) is 1.88. The van der Waals surface area contributed by atoms with Crippen molar-refractivity contribution in [2.24, 2.45) is 7.05 Å². The van der Waals surface area contributed by atoms with E-state index in [4.69, 9.17) is 11.6 Å². The van der Waals surface area contributed by atoms with E-state index < -0.39 is 0 Å². The van der Waals surface area contributed by atoms with Gasteiger partial charge in [-0.1, -0.05) is 48.0 Å². The number of benzene rings is 2. The molecule has 1 N–H and O–H groups in total. The van der Waals surface area contributed by atoms with Gasteiger partial charge in [0, 0.05) is 50.0 Å². The van der Waals surface area contributed by atoms with Crippen LogP contribution in [0.25, 0.3) is 11.3 Å². The van der Waals surface area contributed by atoms with E-state index in [9.17, 15) is 4.79 Å². The minimum atomic E-state index is -0.122. The number of nitrogens with zero attached hydrogens (tertiary/aromatic N) is 4. The molecule has 2 heterocycles. The van der Waals surface area contributed by atoms with Gasteiger partial charge in [-0.3, -0.25) is 10.00 Å². The summed E-state index contributed by atoms with van der Waals surface area (Å²) in [5, 5.41) is 8.07. The number of nitrogens with one attached hydrogen (secondary N) is 1. The van der Waals surface area contributed by atoms with Crippen molar-refractivity contribution < 1.29 is 4.79 Å². The van der Waals surface area contributed by atoms with Crippen molar-refractivity contribution in [3.8, 4) is 11.3 Å². The molecular weight excluding hydrogens is 374 g/mol. The number of rotatable bonds is 3. The first-order chi connectivity index (χ1) is 13.6. The second-order valence-corrected chi connectivity index (χ2v) is 7.23. The fourth-order valence-corrected chi connectivity index (χ4v) is 3.62. The molecule has 28 heavy (non-hydrogen) atoms. The van der Waals surface area contributed by atoms with Crippen molar-refractivity contribution in [2.45, 2.75) is 0 Å². The van der Waals surface area contributed by atoms with Gasteiger partial charge in [-0.25, -0.2) is 4.79 Å². The number of carbonyl (C=O) groups excluding carboxylic acids is 1. The zero-order valence-corrected chi connectivity index (χ0v) is 16.4. The molecule has 6 nitrogen and oxygen atoms in total. The van der Waals surface area contributed by atoms with Crippen LogP contribution in [0, 0.1) is 0 Å². The molecule has 144 valence electrons. The Balaban J connectivity index is 1.38. The highest BCUT2D eigenvalue weighted by molar-refractivity contribution is 6.30. The molecule has 4 rings (SSSR count). The first-order valence-electron chi connectivity index (χ1n) is 9.26. The lowest BCUT2D eigenvalue weighted by Crippen LogP contribution is -2.50. The average molecular weight is 396 g/mol. The van der Waals surface area contributed by atoms with Crippen molar-refractivity contribution in [2.75, 3.05) is 36.4 Å². The number of hydrogen-bond acceptors (Lipinski definition) is 3. The summed E-state index contributed by atoms with van der Waals surface area (Å²) in [6, 6.07) is 19.6. The van der Waals surface area contributed by atoms with Crippen LogP contribution >= 0.6 is 11.6 Å². The Morgan fingerprint density at radius 3 is 2.46 bits per heavy atom. The molecule has 3 aromatic rings. The zero-order valence-electron chi connectivity index (χ0n) is 15.7. The molecular formula is C21H22ClN5O. The molecule has 0 saturated carbocycles. The summed E-state index contributed by atoms with van der Waals surface area (Å²) in [5.41, 5.74) is 3.11. The molecule has 1 aliphatic heterocycles. The number of urea groups is 1. The highest BCUT2D eigenvalue weighted by Gasteiger charge is 2.22. The van der Waals surface area contributed by atoms with E-state index in [2.05, 4.69) is 15.3 Å². The van der Waals surface area contributed by atoms with Gasteiger partial charge in [-0.15, -0.1) is 0 Å². The Kier molecular flexibility index (Phi) is 5.21. The smallest absolute Gasteiger partial charge is 0.323 e. The van der Waals surface area contributed by atoms with E-state index >= 15 is 0 Å². The summed E-state index contributed by atoms with van der Waals surface area (Å²) < 4.78 is 1.78. The maximum atomic E-state index is 12.6. The zero-order chi connectivity index (χ0) is 19.5. The van der Waals surface area contributed by atoms with Crippen LogP contribution in [-0.2, 0) is 7.05 Å². The first-order valence-corrected chi connectivity index (χ1v) is 9.64. The molecule has 0 radical (unpaired) electrons. The van der Waals surface area contributed by atoms with Gasteiger partial charge < -0.3 is 9.80 Å². The SMILES string of the molecule is Cn1nc(NC(=O)N2CCN(c3cccc(Cl)c3)CC2)cc1-c1ccccc1. The van der Waals surface area contributed by atoms with E-state index in [0.29, 0.717) is 18.9 Å². The van der Waals surface area contributed by atoms with E-state index in [1.807, 2.05) is 72.6 Å². The van der Waals surface area contributed by atoms with Crippen molar-refractivity contribution in [3.05, 3.63) is 65.7 Å². The molecule has 0 spiro atoms. The average Bonchev–Trinajstić information content (AvgIpc) is 3.09. The summed E-state index contributed by atoms with van der Waals surface area (Å²) in [6.07, 6.45) is 0. The minimum Gasteiger partial charge on any atom is -0.368 e. The van der Waals surface area contributed by atoms with Crippen LogP contribution in [0.5, 0.6) is 0 Å². The Morgan fingerprint density at radius 1 is 1.00 bits per heavy atom. The summed E-state index contributed by atoms with van der Waals surface area (Å²) in [4.78, 5) is 16.7. The molecule has 1 fully saturated rings. The fourth-order valence-electron chi connectivity index (χ4n) is 3.44. The molecule has 1 aromatic heterocycles. The number of anilines is 2. The maximum absolute atomic E-state index is 12.6. The third-order valence-electron chi connectivity index (χ3n) is 4.92. The van der Waals surface area contributed by atoms with Gasteiger partial charge >= 0.3 is 6.03 Å². The van der Waals surface area contributed by atoms with Crippen LogP contribution < -0.4 is 10.2 Å². The van der Waals surface area contributed by atoms with Crippen molar-refractivity contribution in [3.63, 3.8) is 0 Å². The van der Waals surface area contributed by atoms with Gasteiger partial charge in [0.15, 0.2) is 5.82 Å². The van der Waals surface area contributed by atoms with E-state index in [-0.39, 0.29) is 6.03 Å². The Bertz CT molecular complexity index is 964. The number of amides is 2. The molecule has 1 saturated heterocycles. The maximum Gasteiger partial charge on any atom is 0.323 e. The lowest BCUT2D eigenvalue weighted by atomic mass is 10.1. The van der Waals surface area contributed by atoms with Gasteiger partial charge in [0.1, 0.15) is 0 Å². The number of piperazine rings is 1. The lowest BCUT2D eigenvalue weighted by molar-refractivity contribution is 0.208. The van der Waals surface area contributed by atoms with Gasteiger partial charge in [0.25, 0.3) is 0 Å². The van der Waals surface area contributed by atoms with Crippen molar-refractivity contribution in [1.82, 2.24) is 14.7 Å². The first kappa shape index (κ1) is 18.4. The number of carbonyl (C=O) groups is 1. The van der Waals surface area contributed by atoms with Gasteiger partial charge in [0.2, 0.25) is 0 Å². The minimum absolute atomic E-state index is 0.122. The monoisotopic (exact) mass is 395 g/mol. The fraction of sp³-hybridized carbons (Fsp3) is 0.238. The summed E-state index contributed by atoms with van der Waals surface area (Å²) in [5.74, 6) is 0.559. The Morgan fingerprint density at radius 2 is 1.75 bits per heavy atom. The summed E-state index contributed by atoms with van der Waals surface area (Å²) >= 11 is 6.08. The highest BCUT2D eigenvalue weighted by atomic mass is 35.5. The predicted molar refractivity (Wildman–Crippen MR) is 113 cm³/mol. The van der Waals surface area contributed by atoms with E-state index in [0.717, 1.165) is 35.1 Å². The second-order valence-electron chi connectivity index (χ2n) is 6.79.